The molecule has 27 heavy (non-hydrogen) atoms. The Labute approximate surface area is 165 Å². The quantitative estimate of drug-likeness (QED) is 0.385. The highest BCUT2D eigenvalue weighted by Gasteiger charge is 2.11. The molecule has 1 N–H and O–H groups in total. The minimum atomic E-state index is -0.888. The lowest BCUT2D eigenvalue weighted by molar-refractivity contribution is 0.0697. The Bertz CT molecular complexity index is 941. The van der Waals surface area contributed by atoms with Crippen LogP contribution in [0.25, 0.3) is 10.9 Å². The van der Waals surface area contributed by atoms with Crippen molar-refractivity contribution in [2.24, 2.45) is 0 Å². The Hall–Kier alpha value is -2.26. The summed E-state index contributed by atoms with van der Waals surface area (Å²) in [6, 6.07) is 13.8. The van der Waals surface area contributed by atoms with Gasteiger partial charge in [0.15, 0.2) is 0 Å². The standard InChI is InChI=1S/C23H26ClNO2/c1-16-17(2)25(13-5-3-4-12-24)22-11-8-19(15-21(16)22)14-18-6-9-20(10-7-18)23(26)27/h6-11,15H,3-5,12-14H2,1-2H3,(H,26,27). The average molecular weight is 384 g/mol. The van der Waals surface area contributed by atoms with Crippen LogP contribution in [-0.2, 0) is 13.0 Å². The zero-order valence-electron chi connectivity index (χ0n) is 16.0. The Morgan fingerprint density at radius 3 is 2.37 bits per heavy atom. The molecule has 3 nitrogen and oxygen atoms in total. The number of alkyl halides is 1. The van der Waals surface area contributed by atoms with Gasteiger partial charge in [-0.2, -0.15) is 0 Å². The van der Waals surface area contributed by atoms with Crippen LogP contribution in [0.1, 0.15) is 52.0 Å². The molecular weight excluding hydrogens is 358 g/mol. The van der Waals surface area contributed by atoms with E-state index in [9.17, 15) is 4.79 Å². The molecule has 4 heteroatoms. The van der Waals surface area contributed by atoms with E-state index in [1.165, 1.54) is 27.7 Å². The van der Waals surface area contributed by atoms with Crippen LogP contribution in [0.4, 0.5) is 0 Å². The second kappa shape index (κ2) is 8.62. The number of fused-ring (bicyclic) bond motifs is 1. The summed E-state index contributed by atoms with van der Waals surface area (Å²) in [5.41, 5.74) is 6.65. The maximum atomic E-state index is 11.0. The zero-order chi connectivity index (χ0) is 19.4. The van der Waals surface area contributed by atoms with Gasteiger partial charge in [0.25, 0.3) is 0 Å². The van der Waals surface area contributed by atoms with Gasteiger partial charge in [-0.25, -0.2) is 4.79 Å². The lowest BCUT2D eigenvalue weighted by Crippen LogP contribution is -2.00. The zero-order valence-corrected chi connectivity index (χ0v) is 16.7. The molecule has 3 rings (SSSR count). The number of aryl methyl sites for hydroxylation is 2. The van der Waals surface area contributed by atoms with Gasteiger partial charge in [-0.1, -0.05) is 24.6 Å². The summed E-state index contributed by atoms with van der Waals surface area (Å²) in [7, 11) is 0. The van der Waals surface area contributed by atoms with E-state index in [1.807, 2.05) is 12.1 Å². The normalized spacial score (nSPS) is 11.2. The summed E-state index contributed by atoms with van der Waals surface area (Å²) in [5.74, 6) is -0.150. The van der Waals surface area contributed by atoms with Gasteiger partial charge in [-0.05, 0) is 74.1 Å². The molecule has 3 aromatic rings. The minimum absolute atomic E-state index is 0.326. The van der Waals surface area contributed by atoms with E-state index in [1.54, 1.807) is 12.1 Å². The number of hydrogen-bond donors (Lipinski definition) is 1. The average Bonchev–Trinajstić information content (AvgIpc) is 2.90. The topological polar surface area (TPSA) is 42.2 Å². The summed E-state index contributed by atoms with van der Waals surface area (Å²) in [6.07, 6.45) is 4.18. The highest BCUT2D eigenvalue weighted by molar-refractivity contribution is 6.17. The van der Waals surface area contributed by atoms with E-state index in [4.69, 9.17) is 16.7 Å². The molecule has 0 atom stereocenters. The fourth-order valence-electron chi connectivity index (χ4n) is 3.64. The number of aromatic nitrogens is 1. The lowest BCUT2D eigenvalue weighted by atomic mass is 10.0. The number of nitrogens with zero attached hydrogens (tertiary/aromatic N) is 1. The first-order valence-electron chi connectivity index (χ1n) is 9.47. The highest BCUT2D eigenvalue weighted by Crippen LogP contribution is 2.27. The molecule has 0 saturated carbocycles. The Morgan fingerprint density at radius 2 is 1.70 bits per heavy atom. The number of carboxylic acid groups (broad SMARTS) is 1. The molecule has 0 spiro atoms. The molecule has 1 heterocycles. The molecule has 0 unspecified atom stereocenters. The van der Waals surface area contributed by atoms with E-state index in [0.717, 1.165) is 43.7 Å². The van der Waals surface area contributed by atoms with Crippen molar-refractivity contribution in [3.05, 3.63) is 70.4 Å². The third-order valence-electron chi connectivity index (χ3n) is 5.33. The maximum Gasteiger partial charge on any atom is 0.335 e. The SMILES string of the molecule is Cc1c(C)n(CCCCCCl)c2ccc(Cc3ccc(C(=O)O)cc3)cc12. The molecule has 0 aliphatic carbocycles. The molecule has 0 fully saturated rings. The summed E-state index contributed by atoms with van der Waals surface area (Å²) in [5, 5.41) is 10.3. The third-order valence-corrected chi connectivity index (χ3v) is 5.60. The first-order valence-corrected chi connectivity index (χ1v) is 10.0. The van der Waals surface area contributed by atoms with Crippen molar-refractivity contribution >= 4 is 28.5 Å². The minimum Gasteiger partial charge on any atom is -0.478 e. The summed E-state index contributed by atoms with van der Waals surface area (Å²) in [6.45, 7) is 5.42. The van der Waals surface area contributed by atoms with E-state index < -0.39 is 5.97 Å². The first kappa shape index (κ1) is 19.5. The van der Waals surface area contributed by atoms with Crippen molar-refractivity contribution < 1.29 is 9.90 Å². The van der Waals surface area contributed by atoms with Crippen molar-refractivity contribution in [1.82, 2.24) is 4.57 Å². The Kier molecular flexibility index (Phi) is 6.22. The number of carbonyl (C=O) groups is 1. The van der Waals surface area contributed by atoms with Gasteiger partial charge in [-0.3, -0.25) is 0 Å². The fourth-order valence-corrected chi connectivity index (χ4v) is 3.83. The smallest absolute Gasteiger partial charge is 0.335 e. The van der Waals surface area contributed by atoms with Gasteiger partial charge in [-0.15, -0.1) is 11.6 Å². The van der Waals surface area contributed by atoms with Crippen LogP contribution < -0.4 is 0 Å². The van der Waals surface area contributed by atoms with Gasteiger partial charge < -0.3 is 9.67 Å². The van der Waals surface area contributed by atoms with Crippen LogP contribution in [0.2, 0.25) is 0 Å². The Balaban J connectivity index is 1.82. The van der Waals surface area contributed by atoms with Gasteiger partial charge in [0.05, 0.1) is 5.56 Å². The predicted octanol–water partition coefficient (Wildman–Crippen LogP) is 5.96. The number of rotatable bonds is 8. The second-order valence-electron chi connectivity index (χ2n) is 7.14. The van der Waals surface area contributed by atoms with Crippen molar-refractivity contribution in [3.63, 3.8) is 0 Å². The van der Waals surface area contributed by atoms with Crippen LogP contribution in [0.15, 0.2) is 42.5 Å². The van der Waals surface area contributed by atoms with Crippen molar-refractivity contribution in [2.45, 2.75) is 46.1 Å². The summed E-state index contributed by atoms with van der Waals surface area (Å²) >= 11 is 5.79. The third kappa shape index (κ3) is 4.36. The Morgan fingerprint density at radius 1 is 1.00 bits per heavy atom. The first-order chi connectivity index (χ1) is 13.0. The summed E-state index contributed by atoms with van der Waals surface area (Å²) < 4.78 is 2.42. The largest absolute Gasteiger partial charge is 0.478 e. The predicted molar refractivity (Wildman–Crippen MR) is 112 cm³/mol. The van der Waals surface area contributed by atoms with Gasteiger partial charge in [0, 0.05) is 29.0 Å². The van der Waals surface area contributed by atoms with Gasteiger partial charge in [0.2, 0.25) is 0 Å². The molecule has 0 aliphatic rings. The van der Waals surface area contributed by atoms with Crippen molar-refractivity contribution in [1.29, 1.82) is 0 Å². The molecular formula is C23H26ClNO2. The van der Waals surface area contributed by atoms with Crippen molar-refractivity contribution in [2.75, 3.05) is 5.88 Å². The van der Waals surface area contributed by atoms with E-state index >= 15 is 0 Å². The van der Waals surface area contributed by atoms with E-state index in [0.29, 0.717) is 5.56 Å². The van der Waals surface area contributed by atoms with Crippen molar-refractivity contribution in [3.8, 4) is 0 Å². The van der Waals surface area contributed by atoms with Crippen LogP contribution in [0, 0.1) is 13.8 Å². The van der Waals surface area contributed by atoms with Crippen LogP contribution >= 0.6 is 11.6 Å². The molecule has 142 valence electrons. The monoisotopic (exact) mass is 383 g/mol. The lowest BCUT2D eigenvalue weighted by Gasteiger charge is -2.09. The number of aromatic carboxylic acids is 1. The van der Waals surface area contributed by atoms with Crippen LogP contribution in [0.5, 0.6) is 0 Å². The maximum absolute atomic E-state index is 11.0. The van der Waals surface area contributed by atoms with E-state index in [-0.39, 0.29) is 0 Å². The molecule has 0 aliphatic heterocycles. The van der Waals surface area contributed by atoms with Crippen LogP contribution in [-0.4, -0.2) is 21.5 Å². The number of unbranched alkanes of at least 4 members (excludes halogenated alkanes) is 2. The van der Waals surface area contributed by atoms with Gasteiger partial charge >= 0.3 is 5.97 Å². The molecule has 2 aromatic carbocycles. The molecule has 0 radical (unpaired) electrons. The molecule has 1 aromatic heterocycles. The fraction of sp³-hybridized carbons (Fsp3) is 0.348. The molecule has 0 amide bonds. The number of hydrogen-bond acceptors (Lipinski definition) is 1. The van der Waals surface area contributed by atoms with E-state index in [2.05, 4.69) is 36.6 Å². The second-order valence-corrected chi connectivity index (χ2v) is 7.52. The summed E-state index contributed by atoms with van der Waals surface area (Å²) in [4.78, 5) is 11.0. The molecule has 0 bridgehead atoms. The highest BCUT2D eigenvalue weighted by atomic mass is 35.5. The number of halogens is 1. The number of carboxylic acids is 1. The van der Waals surface area contributed by atoms with Crippen LogP contribution in [0.3, 0.4) is 0 Å². The molecule has 0 saturated heterocycles. The number of benzene rings is 2. The van der Waals surface area contributed by atoms with Gasteiger partial charge in [0.1, 0.15) is 0 Å².